The number of para-hydroxylation sites is 1. The number of rotatable bonds is 6. The molecular weight excluding hydrogens is 510 g/mol. The highest BCUT2D eigenvalue weighted by atomic mass is 79.9. The molecule has 0 atom stereocenters. The fraction of sp³-hybridized carbons (Fsp3) is 0.458. The first-order valence-electron chi connectivity index (χ1n) is 11.1. The molecule has 1 aliphatic carbocycles. The zero-order chi connectivity index (χ0) is 24.6. The first kappa shape index (κ1) is 24.4. The third-order valence-corrected chi connectivity index (χ3v) is 6.93. The number of anilines is 2. The van der Waals surface area contributed by atoms with Crippen LogP contribution >= 0.6 is 15.9 Å². The lowest BCUT2D eigenvalue weighted by Crippen LogP contribution is -2.68. The summed E-state index contributed by atoms with van der Waals surface area (Å²) in [5.41, 5.74) is 1.80. The normalized spacial score (nSPS) is 16.9. The fourth-order valence-corrected chi connectivity index (χ4v) is 5.21. The molecule has 1 N–H and O–H groups in total. The van der Waals surface area contributed by atoms with Gasteiger partial charge in [-0.3, -0.25) is 15.0 Å². The van der Waals surface area contributed by atoms with Gasteiger partial charge in [-0.1, -0.05) is 32.0 Å². The molecule has 34 heavy (non-hydrogen) atoms. The Kier molecular flexibility index (Phi) is 6.80. The molecule has 0 radical (unpaired) electrons. The van der Waals surface area contributed by atoms with E-state index in [0.717, 1.165) is 24.1 Å². The van der Waals surface area contributed by atoms with E-state index in [1.165, 1.54) is 12.3 Å². The lowest BCUT2D eigenvalue weighted by Gasteiger charge is -2.60. The van der Waals surface area contributed by atoms with Crippen molar-refractivity contribution in [3.8, 4) is 5.75 Å². The second-order valence-corrected chi connectivity index (χ2v) is 10.2. The number of benzene rings is 1. The van der Waals surface area contributed by atoms with Gasteiger partial charge in [0.25, 0.3) is 0 Å². The molecule has 1 saturated heterocycles. The summed E-state index contributed by atoms with van der Waals surface area (Å²) in [5.74, 6) is -0.0837. The third-order valence-electron chi connectivity index (χ3n) is 6.50. The SMILES string of the molecule is CC(=O)N1CC2(CC(N(C(=O)Nc3ncc(Br)cc3OC(F)F)c3ccccc3C(C)C)C2)C1. The molecule has 3 amide bonds. The predicted molar refractivity (Wildman–Crippen MR) is 128 cm³/mol. The van der Waals surface area contributed by atoms with Crippen LogP contribution in [0.2, 0.25) is 0 Å². The summed E-state index contributed by atoms with van der Waals surface area (Å²) in [5, 5.41) is 2.68. The van der Waals surface area contributed by atoms with Crippen LogP contribution in [-0.4, -0.2) is 47.6 Å². The van der Waals surface area contributed by atoms with Crippen LogP contribution in [0, 0.1) is 5.41 Å². The Balaban J connectivity index is 1.61. The number of amides is 3. The average molecular weight is 537 g/mol. The van der Waals surface area contributed by atoms with E-state index in [4.69, 9.17) is 0 Å². The van der Waals surface area contributed by atoms with Gasteiger partial charge in [0.1, 0.15) is 0 Å². The maximum Gasteiger partial charge on any atom is 0.387 e. The van der Waals surface area contributed by atoms with E-state index in [1.54, 1.807) is 11.8 Å². The molecule has 4 rings (SSSR count). The van der Waals surface area contributed by atoms with E-state index in [1.807, 2.05) is 29.2 Å². The monoisotopic (exact) mass is 536 g/mol. The van der Waals surface area contributed by atoms with Crippen molar-refractivity contribution >= 4 is 39.4 Å². The van der Waals surface area contributed by atoms with E-state index < -0.39 is 12.6 Å². The minimum absolute atomic E-state index is 0.0292. The molecule has 2 heterocycles. The number of ether oxygens (including phenoxy) is 1. The summed E-state index contributed by atoms with van der Waals surface area (Å²) in [6.45, 7) is 4.00. The second kappa shape index (κ2) is 9.48. The van der Waals surface area contributed by atoms with Gasteiger partial charge >= 0.3 is 12.6 Å². The highest BCUT2D eigenvalue weighted by Gasteiger charge is 2.55. The van der Waals surface area contributed by atoms with Gasteiger partial charge in [0, 0.05) is 53.9 Å². The lowest BCUT2D eigenvalue weighted by molar-refractivity contribution is -0.148. The Morgan fingerprint density at radius 3 is 2.56 bits per heavy atom. The highest BCUT2D eigenvalue weighted by Crippen LogP contribution is 2.51. The standard InChI is InChI=1S/C24H27BrF2N4O3/c1-14(2)18-6-4-5-7-19(18)31(17-9-24(10-17)12-30(13-24)15(3)32)23(33)29-21-20(34-22(26)27)8-16(25)11-28-21/h4-8,11,14,17,22H,9-10,12-13H2,1-3H3,(H,28,29,33). The summed E-state index contributed by atoms with van der Waals surface area (Å²) in [6.07, 6.45) is 2.92. The molecule has 7 nitrogen and oxygen atoms in total. The van der Waals surface area contributed by atoms with Crippen molar-refractivity contribution in [3.63, 3.8) is 0 Å². The van der Waals surface area contributed by atoms with Gasteiger partial charge in [-0.25, -0.2) is 9.78 Å². The summed E-state index contributed by atoms with van der Waals surface area (Å²) in [4.78, 5) is 32.8. The number of carbonyl (C=O) groups is 2. The number of pyridine rings is 1. The molecule has 182 valence electrons. The van der Waals surface area contributed by atoms with Gasteiger partial charge in [-0.15, -0.1) is 0 Å². The Morgan fingerprint density at radius 1 is 1.26 bits per heavy atom. The fourth-order valence-electron chi connectivity index (χ4n) is 4.90. The summed E-state index contributed by atoms with van der Waals surface area (Å²) in [7, 11) is 0. The molecule has 10 heteroatoms. The van der Waals surface area contributed by atoms with Gasteiger partial charge in [0.2, 0.25) is 5.91 Å². The molecule has 0 bridgehead atoms. The van der Waals surface area contributed by atoms with Crippen molar-refractivity contribution in [1.29, 1.82) is 0 Å². The van der Waals surface area contributed by atoms with Crippen molar-refractivity contribution in [2.45, 2.75) is 52.2 Å². The van der Waals surface area contributed by atoms with Crippen LogP contribution in [0.4, 0.5) is 25.1 Å². The minimum atomic E-state index is -3.06. The van der Waals surface area contributed by atoms with Crippen LogP contribution in [0.1, 0.15) is 45.1 Å². The number of nitrogens with one attached hydrogen (secondary N) is 1. The highest BCUT2D eigenvalue weighted by molar-refractivity contribution is 9.10. The van der Waals surface area contributed by atoms with Crippen LogP contribution in [0.15, 0.2) is 41.0 Å². The van der Waals surface area contributed by atoms with Crippen LogP contribution in [0.5, 0.6) is 5.75 Å². The molecule has 2 fully saturated rings. The quantitative estimate of drug-likeness (QED) is 0.520. The summed E-state index contributed by atoms with van der Waals surface area (Å²) >= 11 is 3.19. The Bertz CT molecular complexity index is 1080. The number of nitrogens with zero attached hydrogens (tertiary/aromatic N) is 3. The number of hydrogen-bond donors (Lipinski definition) is 1. The topological polar surface area (TPSA) is 74.8 Å². The molecule has 1 aromatic heterocycles. The Morgan fingerprint density at radius 2 is 1.94 bits per heavy atom. The van der Waals surface area contributed by atoms with E-state index >= 15 is 0 Å². The van der Waals surface area contributed by atoms with Crippen LogP contribution < -0.4 is 15.0 Å². The number of alkyl halides is 2. The van der Waals surface area contributed by atoms with Crippen molar-refractivity contribution in [2.24, 2.45) is 5.41 Å². The number of carbonyl (C=O) groups excluding carboxylic acids is 2. The zero-order valence-corrected chi connectivity index (χ0v) is 20.8. The van der Waals surface area contributed by atoms with Crippen molar-refractivity contribution < 1.29 is 23.1 Å². The molecular formula is C24H27BrF2N4O3. The number of halogens is 3. The van der Waals surface area contributed by atoms with E-state index in [-0.39, 0.29) is 34.8 Å². The number of urea groups is 1. The van der Waals surface area contributed by atoms with Crippen LogP contribution in [0.3, 0.4) is 0 Å². The number of likely N-dealkylation sites (tertiary alicyclic amines) is 1. The van der Waals surface area contributed by atoms with Gasteiger partial charge in [0.05, 0.1) is 0 Å². The first-order valence-corrected chi connectivity index (χ1v) is 11.9. The summed E-state index contributed by atoms with van der Waals surface area (Å²) < 4.78 is 30.9. The van der Waals surface area contributed by atoms with Crippen molar-refractivity contribution in [2.75, 3.05) is 23.3 Å². The predicted octanol–water partition coefficient (Wildman–Crippen LogP) is 5.62. The van der Waals surface area contributed by atoms with Crippen LogP contribution in [-0.2, 0) is 4.79 Å². The number of hydrogen-bond acceptors (Lipinski definition) is 4. The van der Waals surface area contributed by atoms with Crippen molar-refractivity contribution in [3.05, 3.63) is 46.6 Å². The zero-order valence-electron chi connectivity index (χ0n) is 19.2. The largest absolute Gasteiger partial charge is 0.431 e. The summed E-state index contributed by atoms with van der Waals surface area (Å²) in [6, 6.07) is 8.46. The van der Waals surface area contributed by atoms with Crippen LogP contribution in [0.25, 0.3) is 0 Å². The number of aromatic nitrogens is 1. The molecule has 2 aliphatic rings. The first-order chi connectivity index (χ1) is 16.1. The maximum atomic E-state index is 13.6. The minimum Gasteiger partial charge on any atom is -0.431 e. The third kappa shape index (κ3) is 4.87. The molecule has 0 unspecified atom stereocenters. The smallest absolute Gasteiger partial charge is 0.387 e. The van der Waals surface area contributed by atoms with Gasteiger partial charge in [-0.2, -0.15) is 8.78 Å². The molecule has 1 saturated carbocycles. The molecule has 1 aromatic carbocycles. The average Bonchev–Trinajstić information content (AvgIpc) is 2.70. The maximum absolute atomic E-state index is 13.6. The van der Waals surface area contributed by atoms with Gasteiger partial charge in [0.15, 0.2) is 11.6 Å². The molecule has 2 aromatic rings. The lowest BCUT2D eigenvalue weighted by atomic mass is 9.60. The van der Waals surface area contributed by atoms with E-state index in [9.17, 15) is 18.4 Å². The van der Waals surface area contributed by atoms with Crippen molar-refractivity contribution in [1.82, 2.24) is 9.88 Å². The second-order valence-electron chi connectivity index (χ2n) is 9.33. The Labute approximate surface area is 205 Å². The van der Waals surface area contributed by atoms with E-state index in [2.05, 4.69) is 44.8 Å². The molecule has 1 spiro atoms. The Hall–Kier alpha value is -2.75. The van der Waals surface area contributed by atoms with Gasteiger partial charge in [-0.05, 0) is 46.3 Å². The molecule has 1 aliphatic heterocycles. The van der Waals surface area contributed by atoms with Gasteiger partial charge < -0.3 is 9.64 Å². The van der Waals surface area contributed by atoms with E-state index in [0.29, 0.717) is 17.6 Å².